The molecule has 0 aliphatic carbocycles. The first-order valence-corrected chi connectivity index (χ1v) is 6.20. The second-order valence-corrected chi connectivity index (χ2v) is 5.16. The van der Waals surface area contributed by atoms with E-state index in [0.29, 0.717) is 13.0 Å². The predicted octanol–water partition coefficient (Wildman–Crippen LogP) is 0.638. The van der Waals surface area contributed by atoms with Crippen molar-refractivity contribution in [3.05, 3.63) is 0 Å². The van der Waals surface area contributed by atoms with Crippen LogP contribution in [0, 0.1) is 0 Å². The van der Waals surface area contributed by atoms with Crippen molar-refractivity contribution in [3.8, 4) is 0 Å². The minimum absolute atomic E-state index is 0.0201. The Bertz CT molecular complexity index is 255. The van der Waals surface area contributed by atoms with Crippen molar-refractivity contribution in [2.24, 2.45) is 0 Å². The van der Waals surface area contributed by atoms with E-state index in [9.17, 15) is 14.7 Å². The summed E-state index contributed by atoms with van der Waals surface area (Å²) in [6, 6.07) is 0. The molecule has 0 aromatic carbocycles. The largest absolute Gasteiger partial charge is 0.392 e. The van der Waals surface area contributed by atoms with Gasteiger partial charge in [0.15, 0.2) is 0 Å². The van der Waals surface area contributed by atoms with Crippen LogP contribution in [-0.2, 0) is 9.59 Å². The Morgan fingerprint density at radius 1 is 1.60 bits per heavy atom. The maximum Gasteiger partial charge on any atom is 0.239 e. The van der Waals surface area contributed by atoms with Gasteiger partial charge < -0.3 is 5.11 Å². The lowest BCUT2D eigenvalue weighted by atomic mass is 10.3. The van der Waals surface area contributed by atoms with E-state index >= 15 is 0 Å². The van der Waals surface area contributed by atoms with Gasteiger partial charge in [0.1, 0.15) is 0 Å². The Morgan fingerprint density at radius 3 is 2.73 bits per heavy atom. The van der Waals surface area contributed by atoms with Gasteiger partial charge in [-0.25, -0.2) is 0 Å². The average molecular weight is 231 g/mol. The lowest BCUT2D eigenvalue weighted by molar-refractivity contribution is -0.140. The fourth-order valence-electron chi connectivity index (χ4n) is 1.33. The molecular formula is C10H17NO3S. The summed E-state index contributed by atoms with van der Waals surface area (Å²) in [5, 5.41) is 9.26. The molecule has 2 atom stereocenters. The van der Waals surface area contributed by atoms with E-state index in [4.69, 9.17) is 0 Å². The molecule has 1 N–H and O–H groups in total. The van der Waals surface area contributed by atoms with Crippen LogP contribution in [-0.4, -0.2) is 45.5 Å². The summed E-state index contributed by atoms with van der Waals surface area (Å²) < 4.78 is 0. The highest BCUT2D eigenvalue weighted by Crippen LogP contribution is 2.17. The molecule has 2 unspecified atom stereocenters. The van der Waals surface area contributed by atoms with Crippen molar-refractivity contribution in [1.29, 1.82) is 0 Å². The van der Waals surface area contributed by atoms with Crippen LogP contribution in [0.3, 0.4) is 0 Å². The van der Waals surface area contributed by atoms with Crippen LogP contribution in [0.1, 0.15) is 26.7 Å². The molecule has 0 radical (unpaired) electrons. The number of carbonyl (C=O) groups is 2. The Balaban J connectivity index is 2.33. The van der Waals surface area contributed by atoms with E-state index < -0.39 is 6.10 Å². The summed E-state index contributed by atoms with van der Waals surface area (Å²) in [7, 11) is 0. The van der Waals surface area contributed by atoms with Crippen LogP contribution >= 0.6 is 11.8 Å². The first kappa shape index (κ1) is 12.5. The van der Waals surface area contributed by atoms with Crippen molar-refractivity contribution in [2.45, 2.75) is 38.0 Å². The Labute approximate surface area is 94.0 Å². The molecule has 15 heavy (non-hydrogen) atoms. The summed E-state index contributed by atoms with van der Waals surface area (Å²) in [6.07, 6.45) is 0.834. The molecule has 1 aliphatic rings. The van der Waals surface area contributed by atoms with E-state index in [0.717, 1.165) is 6.42 Å². The zero-order chi connectivity index (χ0) is 11.4. The quantitative estimate of drug-likeness (QED) is 0.771. The lowest BCUT2D eigenvalue weighted by Crippen LogP contribution is -2.34. The van der Waals surface area contributed by atoms with E-state index in [-0.39, 0.29) is 22.8 Å². The minimum atomic E-state index is -0.433. The molecule has 1 heterocycles. The molecular weight excluding hydrogens is 214 g/mol. The third-order valence-electron chi connectivity index (χ3n) is 2.52. The number of aliphatic hydroxyl groups excluding tert-OH is 1. The van der Waals surface area contributed by atoms with E-state index in [1.54, 1.807) is 6.92 Å². The Kier molecular flexibility index (Phi) is 4.60. The van der Waals surface area contributed by atoms with Gasteiger partial charge in [-0.05, 0) is 13.3 Å². The number of amides is 2. The summed E-state index contributed by atoms with van der Waals surface area (Å²) in [5.74, 6) is 0.0814. The van der Waals surface area contributed by atoms with E-state index in [1.807, 2.05) is 6.92 Å². The molecule has 1 rings (SSSR count). The van der Waals surface area contributed by atoms with Crippen LogP contribution in [0.5, 0.6) is 0 Å². The van der Waals surface area contributed by atoms with Gasteiger partial charge in [-0.15, -0.1) is 11.8 Å². The topological polar surface area (TPSA) is 57.6 Å². The average Bonchev–Trinajstić information content (AvgIpc) is 2.60. The molecule has 4 nitrogen and oxygen atoms in total. The summed E-state index contributed by atoms with van der Waals surface area (Å²) in [5.41, 5.74) is 0. The second-order valence-electron chi connectivity index (χ2n) is 3.80. The fraction of sp³-hybridized carbons (Fsp3) is 0.800. The summed E-state index contributed by atoms with van der Waals surface area (Å²) in [6.45, 7) is 4.12. The molecule has 1 fully saturated rings. The molecule has 0 spiro atoms. The van der Waals surface area contributed by atoms with Crippen LogP contribution in [0.2, 0.25) is 0 Å². The van der Waals surface area contributed by atoms with Gasteiger partial charge in [-0.3, -0.25) is 14.5 Å². The molecule has 0 saturated carbocycles. The smallest absolute Gasteiger partial charge is 0.239 e. The minimum Gasteiger partial charge on any atom is -0.392 e. The first-order valence-electron chi connectivity index (χ1n) is 5.15. The number of carbonyl (C=O) groups excluding carboxylic acids is 2. The predicted molar refractivity (Wildman–Crippen MR) is 59.6 cm³/mol. The molecule has 1 aliphatic heterocycles. The van der Waals surface area contributed by atoms with Gasteiger partial charge >= 0.3 is 0 Å². The molecule has 0 aromatic heterocycles. The van der Waals surface area contributed by atoms with Gasteiger partial charge in [0.05, 0.1) is 11.9 Å². The Morgan fingerprint density at radius 2 is 2.27 bits per heavy atom. The highest BCUT2D eigenvalue weighted by Gasteiger charge is 2.26. The van der Waals surface area contributed by atoms with E-state index in [2.05, 4.69) is 0 Å². The van der Waals surface area contributed by atoms with Crippen molar-refractivity contribution in [1.82, 2.24) is 4.90 Å². The molecule has 1 saturated heterocycles. The number of rotatable bonds is 4. The van der Waals surface area contributed by atoms with Crippen molar-refractivity contribution in [3.63, 3.8) is 0 Å². The zero-order valence-corrected chi connectivity index (χ0v) is 9.92. The lowest BCUT2D eigenvalue weighted by Gasteiger charge is -2.17. The third-order valence-corrected chi connectivity index (χ3v) is 3.86. The van der Waals surface area contributed by atoms with Crippen molar-refractivity contribution >= 4 is 23.6 Å². The number of imide groups is 1. The van der Waals surface area contributed by atoms with Crippen molar-refractivity contribution in [2.75, 3.05) is 12.3 Å². The fourth-order valence-corrected chi connectivity index (χ4v) is 2.17. The number of hydrogen-bond donors (Lipinski definition) is 1. The standard InChI is InChI=1S/C10H17NO3S/c1-7(12)8(2)15-6-10(14)11-5-3-4-9(11)13/h7-8,12H,3-6H2,1-2H3. The SMILES string of the molecule is CC(O)C(C)SCC(=O)N1CCCC1=O. The van der Waals surface area contributed by atoms with Gasteiger partial charge in [0.25, 0.3) is 0 Å². The van der Waals surface area contributed by atoms with Gasteiger partial charge in [-0.2, -0.15) is 0 Å². The second kappa shape index (κ2) is 5.51. The van der Waals surface area contributed by atoms with Gasteiger partial charge in [0.2, 0.25) is 11.8 Å². The van der Waals surface area contributed by atoms with Crippen LogP contribution in [0.25, 0.3) is 0 Å². The van der Waals surface area contributed by atoms with Crippen LogP contribution < -0.4 is 0 Å². The van der Waals surface area contributed by atoms with Gasteiger partial charge in [0, 0.05) is 18.2 Å². The third kappa shape index (κ3) is 3.50. The number of thioether (sulfide) groups is 1. The summed E-state index contributed by atoms with van der Waals surface area (Å²) >= 11 is 1.39. The zero-order valence-electron chi connectivity index (χ0n) is 9.10. The van der Waals surface area contributed by atoms with Crippen molar-refractivity contribution < 1.29 is 14.7 Å². The highest BCUT2D eigenvalue weighted by atomic mass is 32.2. The Hall–Kier alpha value is -0.550. The maximum atomic E-state index is 11.6. The first-order chi connectivity index (χ1) is 7.02. The van der Waals surface area contributed by atoms with Crippen LogP contribution in [0.15, 0.2) is 0 Å². The maximum absolute atomic E-state index is 11.6. The number of hydrogen-bond acceptors (Lipinski definition) is 4. The number of likely N-dealkylation sites (tertiary alicyclic amines) is 1. The number of aliphatic hydroxyl groups is 1. The molecule has 0 aromatic rings. The molecule has 86 valence electrons. The normalized spacial score (nSPS) is 20.5. The van der Waals surface area contributed by atoms with Crippen LogP contribution in [0.4, 0.5) is 0 Å². The molecule has 5 heteroatoms. The summed E-state index contributed by atoms with van der Waals surface area (Å²) in [4.78, 5) is 24.1. The monoisotopic (exact) mass is 231 g/mol. The van der Waals surface area contributed by atoms with Gasteiger partial charge in [-0.1, -0.05) is 6.92 Å². The van der Waals surface area contributed by atoms with E-state index in [1.165, 1.54) is 16.7 Å². The molecule has 2 amide bonds. The molecule has 0 bridgehead atoms. The highest BCUT2D eigenvalue weighted by molar-refractivity contribution is 8.00. The number of nitrogens with zero attached hydrogens (tertiary/aromatic N) is 1.